The fraction of sp³-hybridized carbons (Fsp3) is 0.647. The Morgan fingerprint density at radius 1 is 0.800 bits per heavy atom. The molecule has 1 rings (SSSR count). The Balaban J connectivity index is 3.71. The highest BCUT2D eigenvalue weighted by molar-refractivity contribution is 7.68. The number of benzene rings is 1. The minimum Gasteiger partial charge on any atom is -0.358 e. The van der Waals surface area contributed by atoms with Crippen molar-refractivity contribution in [1.29, 1.82) is 0 Å². The molecule has 30 heavy (non-hydrogen) atoms. The molecule has 0 fully saturated rings. The standard InChI is InChI=1S/C17H27F3O8P2/c1-5-25-29(23,26-6-2)14-10-9-13(12-16(21,22)17(18,19)20)11-15(14)30(24,27-7-3)28-8-4/h9-11,21-22H,5-8,12H2,1-4H3. The summed E-state index contributed by atoms with van der Waals surface area (Å²) in [7, 11) is -8.20. The number of hydrogen-bond acceptors (Lipinski definition) is 8. The van der Waals surface area contributed by atoms with Gasteiger partial charge >= 0.3 is 21.4 Å². The lowest BCUT2D eigenvalue weighted by molar-refractivity contribution is -0.347. The Bertz CT molecular complexity index is 778. The van der Waals surface area contributed by atoms with Crippen molar-refractivity contribution < 1.29 is 50.6 Å². The average Bonchev–Trinajstić information content (AvgIpc) is 2.61. The van der Waals surface area contributed by atoms with E-state index in [-0.39, 0.29) is 42.6 Å². The largest absolute Gasteiger partial charge is 0.443 e. The van der Waals surface area contributed by atoms with Crippen LogP contribution < -0.4 is 10.6 Å². The van der Waals surface area contributed by atoms with Gasteiger partial charge in [0.2, 0.25) is 0 Å². The molecule has 0 aliphatic rings. The lowest BCUT2D eigenvalue weighted by Crippen LogP contribution is -2.47. The predicted octanol–water partition coefficient (Wildman–Crippen LogP) is 3.26. The monoisotopic (exact) mass is 478 g/mol. The van der Waals surface area contributed by atoms with E-state index in [1.165, 1.54) is 13.8 Å². The number of alkyl halides is 3. The van der Waals surface area contributed by atoms with Crippen LogP contribution in [0.25, 0.3) is 0 Å². The predicted molar refractivity (Wildman–Crippen MR) is 104 cm³/mol. The van der Waals surface area contributed by atoms with E-state index in [4.69, 9.17) is 18.1 Å². The highest BCUT2D eigenvalue weighted by Gasteiger charge is 2.53. The van der Waals surface area contributed by atoms with Gasteiger partial charge in [0, 0.05) is 6.42 Å². The smallest absolute Gasteiger partial charge is 0.358 e. The molecule has 0 unspecified atom stereocenters. The van der Waals surface area contributed by atoms with Crippen LogP contribution in [0.5, 0.6) is 0 Å². The summed E-state index contributed by atoms with van der Waals surface area (Å²) in [5, 5.41) is 18.3. The van der Waals surface area contributed by atoms with Crippen LogP contribution in [0.2, 0.25) is 0 Å². The SMILES string of the molecule is CCOP(=O)(OCC)c1ccc(CC(O)(O)C(F)(F)F)cc1P(=O)(OCC)OCC. The topological polar surface area (TPSA) is 112 Å². The van der Waals surface area contributed by atoms with Crippen LogP contribution in [0.4, 0.5) is 13.2 Å². The molecule has 0 radical (unpaired) electrons. The van der Waals surface area contributed by atoms with Gasteiger partial charge in [-0.15, -0.1) is 0 Å². The van der Waals surface area contributed by atoms with Gasteiger partial charge in [-0.2, -0.15) is 13.2 Å². The molecule has 0 bridgehead atoms. The maximum atomic E-state index is 13.4. The van der Waals surface area contributed by atoms with Crippen LogP contribution in [0.15, 0.2) is 18.2 Å². The minimum atomic E-state index is -5.33. The Kier molecular flexibility index (Phi) is 9.72. The molecule has 1 aromatic rings. The van der Waals surface area contributed by atoms with E-state index in [1.807, 2.05) is 0 Å². The zero-order chi connectivity index (χ0) is 23.2. The first kappa shape index (κ1) is 27.3. The molecule has 0 heterocycles. The summed E-state index contributed by atoms with van der Waals surface area (Å²) in [5.74, 6) is -4.03. The van der Waals surface area contributed by atoms with Crippen molar-refractivity contribution in [2.75, 3.05) is 26.4 Å². The van der Waals surface area contributed by atoms with Crippen LogP contribution in [0.3, 0.4) is 0 Å². The van der Waals surface area contributed by atoms with Crippen molar-refractivity contribution in [3.05, 3.63) is 23.8 Å². The molecule has 0 saturated heterocycles. The van der Waals surface area contributed by atoms with Crippen molar-refractivity contribution in [3.8, 4) is 0 Å². The van der Waals surface area contributed by atoms with Crippen LogP contribution in [-0.2, 0) is 33.6 Å². The highest BCUT2D eigenvalue weighted by atomic mass is 31.2. The second-order valence-electron chi connectivity index (χ2n) is 5.98. The summed E-state index contributed by atoms with van der Waals surface area (Å²) >= 11 is 0. The third-order valence-corrected chi connectivity index (χ3v) is 8.24. The molecule has 0 atom stereocenters. The highest BCUT2D eigenvalue weighted by Crippen LogP contribution is 2.53. The summed E-state index contributed by atoms with van der Waals surface area (Å²) in [6, 6.07) is 3.16. The summed E-state index contributed by atoms with van der Waals surface area (Å²) in [6.45, 7) is 5.93. The zero-order valence-corrected chi connectivity index (χ0v) is 18.9. The van der Waals surface area contributed by atoms with Crippen molar-refractivity contribution in [1.82, 2.24) is 0 Å². The molecule has 0 spiro atoms. The first-order valence-corrected chi connectivity index (χ1v) is 12.3. The van der Waals surface area contributed by atoms with Crippen molar-refractivity contribution in [2.45, 2.75) is 46.1 Å². The third kappa shape index (κ3) is 6.37. The van der Waals surface area contributed by atoms with Gasteiger partial charge in [0.25, 0.3) is 5.79 Å². The van der Waals surface area contributed by atoms with Gasteiger partial charge in [0.05, 0.1) is 37.0 Å². The Labute approximate surface area is 173 Å². The van der Waals surface area contributed by atoms with Crippen LogP contribution in [-0.4, -0.2) is 48.6 Å². The molecule has 13 heteroatoms. The van der Waals surface area contributed by atoms with E-state index >= 15 is 0 Å². The molecule has 174 valence electrons. The van der Waals surface area contributed by atoms with Crippen molar-refractivity contribution >= 4 is 25.8 Å². The Hall–Kier alpha value is -0.770. The average molecular weight is 478 g/mol. The molecular weight excluding hydrogens is 451 g/mol. The van der Waals surface area contributed by atoms with E-state index < -0.39 is 33.6 Å². The fourth-order valence-electron chi connectivity index (χ4n) is 2.55. The maximum absolute atomic E-state index is 13.4. The third-order valence-electron chi connectivity index (χ3n) is 3.73. The van der Waals surface area contributed by atoms with E-state index in [2.05, 4.69) is 0 Å². The van der Waals surface area contributed by atoms with E-state index in [0.29, 0.717) is 0 Å². The second kappa shape index (κ2) is 10.7. The number of rotatable bonds is 12. The first-order chi connectivity index (χ1) is 13.8. The lowest BCUT2D eigenvalue weighted by atomic mass is 10.0. The Morgan fingerprint density at radius 2 is 1.20 bits per heavy atom. The lowest BCUT2D eigenvalue weighted by Gasteiger charge is -2.27. The molecule has 2 N–H and O–H groups in total. The van der Waals surface area contributed by atoms with Gasteiger partial charge in [-0.05, 0) is 45.4 Å². The van der Waals surface area contributed by atoms with Crippen LogP contribution in [0, 0.1) is 0 Å². The number of aliphatic hydroxyl groups is 2. The molecule has 0 aliphatic heterocycles. The van der Waals surface area contributed by atoms with Gasteiger partial charge in [-0.25, -0.2) is 0 Å². The van der Waals surface area contributed by atoms with E-state index in [0.717, 1.165) is 18.2 Å². The normalized spacial score (nSPS) is 13.6. The summed E-state index contributed by atoms with van der Waals surface area (Å²) in [6.07, 6.45) is -6.60. The first-order valence-electron chi connectivity index (χ1n) is 9.24. The molecule has 8 nitrogen and oxygen atoms in total. The van der Waals surface area contributed by atoms with Gasteiger partial charge < -0.3 is 28.3 Å². The molecule has 0 aliphatic carbocycles. The molecule has 0 aromatic heterocycles. The van der Waals surface area contributed by atoms with Gasteiger partial charge in [-0.1, -0.05) is 6.07 Å². The fourth-order valence-corrected chi connectivity index (χ4v) is 6.63. The zero-order valence-electron chi connectivity index (χ0n) is 17.1. The van der Waals surface area contributed by atoms with Crippen molar-refractivity contribution in [2.24, 2.45) is 0 Å². The van der Waals surface area contributed by atoms with Gasteiger partial charge in [-0.3, -0.25) is 9.13 Å². The summed E-state index contributed by atoms with van der Waals surface area (Å²) < 4.78 is 86.3. The van der Waals surface area contributed by atoms with Gasteiger partial charge in [0.15, 0.2) is 0 Å². The summed E-state index contributed by atoms with van der Waals surface area (Å²) in [4.78, 5) is 0. The second-order valence-corrected chi connectivity index (χ2v) is 9.97. The van der Waals surface area contributed by atoms with E-state index in [1.54, 1.807) is 13.8 Å². The molecule has 1 aromatic carbocycles. The molecule has 0 saturated carbocycles. The van der Waals surface area contributed by atoms with Crippen LogP contribution in [0.1, 0.15) is 33.3 Å². The van der Waals surface area contributed by atoms with Crippen molar-refractivity contribution in [3.63, 3.8) is 0 Å². The van der Waals surface area contributed by atoms with Gasteiger partial charge in [0.1, 0.15) is 0 Å². The maximum Gasteiger partial charge on any atom is 0.443 e. The minimum absolute atomic E-state index is 0.0312. The summed E-state index contributed by atoms with van der Waals surface area (Å²) in [5.41, 5.74) is -0.254. The Morgan fingerprint density at radius 3 is 1.57 bits per heavy atom. The van der Waals surface area contributed by atoms with Crippen LogP contribution >= 0.6 is 15.2 Å². The number of halogens is 3. The number of hydrogen-bond donors (Lipinski definition) is 2. The van der Waals surface area contributed by atoms with E-state index in [9.17, 15) is 32.5 Å². The molecule has 0 amide bonds. The quantitative estimate of drug-likeness (QED) is 0.348. The molecular formula is C17H27F3O8P2.